The van der Waals surface area contributed by atoms with Crippen LogP contribution in [0.25, 0.3) is 0 Å². The van der Waals surface area contributed by atoms with Crippen LogP contribution in [0, 0.1) is 11.3 Å². The van der Waals surface area contributed by atoms with Gasteiger partial charge in [-0.2, -0.15) is 5.26 Å². The van der Waals surface area contributed by atoms with Crippen LogP contribution in [0.1, 0.15) is 6.92 Å². The molecule has 1 N–H and O–H groups in total. The number of nitriles is 1. The molecule has 3 heteroatoms. The molecule has 0 saturated heterocycles. The van der Waals surface area contributed by atoms with Gasteiger partial charge in [0, 0.05) is 0 Å². The summed E-state index contributed by atoms with van der Waals surface area (Å²) in [7, 11) is 0. The van der Waals surface area contributed by atoms with Gasteiger partial charge in [-0.3, -0.25) is 0 Å². The van der Waals surface area contributed by atoms with Crippen molar-refractivity contribution in [3.8, 4) is 11.8 Å². The zero-order valence-corrected chi connectivity index (χ0v) is 7.16. The Kier molecular flexibility index (Phi) is 1.67. The molecule has 1 aliphatic rings. The topological polar surface area (TPSA) is 45.0 Å². The summed E-state index contributed by atoms with van der Waals surface area (Å²) in [6, 6.07) is 9.62. The van der Waals surface area contributed by atoms with E-state index in [1.807, 2.05) is 30.3 Å². The van der Waals surface area contributed by atoms with Gasteiger partial charge in [-0.05, 0) is 19.1 Å². The minimum Gasteiger partial charge on any atom is -0.438 e. The average Bonchev–Trinajstić information content (AvgIpc) is 2.59. The SMILES string of the molecule is C/C(C#N)=C1/Nc2ccccc2O1. The molecule has 0 radical (unpaired) electrons. The highest BCUT2D eigenvalue weighted by Gasteiger charge is 2.17. The molecule has 1 aliphatic heterocycles. The van der Waals surface area contributed by atoms with Crippen LogP contribution in [0.3, 0.4) is 0 Å². The molecule has 3 nitrogen and oxygen atoms in total. The summed E-state index contributed by atoms with van der Waals surface area (Å²) in [4.78, 5) is 0. The molecule has 1 aromatic carbocycles. The molecule has 0 fully saturated rings. The lowest BCUT2D eigenvalue weighted by atomic mass is 10.3. The summed E-state index contributed by atoms with van der Waals surface area (Å²) < 4.78 is 5.41. The number of nitrogens with one attached hydrogen (secondary N) is 1. The van der Waals surface area contributed by atoms with Gasteiger partial charge in [0.15, 0.2) is 5.75 Å². The largest absolute Gasteiger partial charge is 0.438 e. The van der Waals surface area contributed by atoms with Gasteiger partial charge >= 0.3 is 0 Å². The van der Waals surface area contributed by atoms with Crippen LogP contribution < -0.4 is 10.1 Å². The third-order valence-corrected chi connectivity index (χ3v) is 1.86. The molecule has 0 aliphatic carbocycles. The smallest absolute Gasteiger partial charge is 0.211 e. The van der Waals surface area contributed by atoms with Crippen LogP contribution in [-0.2, 0) is 0 Å². The Morgan fingerprint density at radius 2 is 2.23 bits per heavy atom. The van der Waals surface area contributed by atoms with Crippen LogP contribution in [0.15, 0.2) is 35.7 Å². The quantitative estimate of drug-likeness (QED) is 0.610. The summed E-state index contributed by atoms with van der Waals surface area (Å²) in [5, 5.41) is 11.7. The lowest BCUT2D eigenvalue weighted by Gasteiger charge is -1.97. The molecule has 2 rings (SSSR count). The van der Waals surface area contributed by atoms with Crippen molar-refractivity contribution in [3.63, 3.8) is 0 Å². The van der Waals surface area contributed by atoms with Crippen LogP contribution in [0.4, 0.5) is 5.69 Å². The van der Waals surface area contributed by atoms with Crippen molar-refractivity contribution in [1.82, 2.24) is 0 Å². The van der Waals surface area contributed by atoms with Gasteiger partial charge in [0.1, 0.15) is 0 Å². The maximum Gasteiger partial charge on any atom is 0.211 e. The second-order valence-corrected chi connectivity index (χ2v) is 2.79. The number of hydrogen-bond donors (Lipinski definition) is 1. The first kappa shape index (κ1) is 7.69. The van der Waals surface area contributed by atoms with E-state index in [4.69, 9.17) is 10.00 Å². The number of benzene rings is 1. The molecule has 64 valence electrons. The molecular weight excluding hydrogens is 164 g/mol. The number of nitrogens with zero attached hydrogens (tertiary/aromatic N) is 1. The lowest BCUT2D eigenvalue weighted by Crippen LogP contribution is -1.99. The summed E-state index contributed by atoms with van der Waals surface area (Å²) in [5.74, 6) is 1.30. The van der Waals surface area contributed by atoms with Gasteiger partial charge < -0.3 is 10.1 Å². The lowest BCUT2D eigenvalue weighted by molar-refractivity contribution is 0.453. The fourth-order valence-electron chi connectivity index (χ4n) is 1.14. The Bertz CT molecular complexity index is 388. The summed E-state index contributed by atoms with van der Waals surface area (Å²) >= 11 is 0. The van der Waals surface area contributed by atoms with Crippen molar-refractivity contribution in [1.29, 1.82) is 5.26 Å². The number of allylic oxidation sites excluding steroid dienone is 1. The Balaban J connectivity index is 2.39. The van der Waals surface area contributed by atoms with Gasteiger partial charge in [-0.15, -0.1) is 0 Å². The normalized spacial score (nSPS) is 16.6. The van der Waals surface area contributed by atoms with Gasteiger partial charge in [0.05, 0.1) is 17.3 Å². The highest BCUT2D eigenvalue weighted by Crippen LogP contribution is 2.33. The molecule has 1 aromatic rings. The number of hydrogen-bond acceptors (Lipinski definition) is 3. The van der Waals surface area contributed by atoms with Crippen LogP contribution in [0.2, 0.25) is 0 Å². The van der Waals surface area contributed by atoms with Crippen molar-refractivity contribution in [2.24, 2.45) is 0 Å². The third kappa shape index (κ3) is 1.23. The number of para-hydroxylation sites is 2. The highest BCUT2D eigenvalue weighted by molar-refractivity contribution is 5.64. The van der Waals surface area contributed by atoms with Crippen molar-refractivity contribution in [3.05, 3.63) is 35.7 Å². The molecule has 0 amide bonds. The van der Waals surface area contributed by atoms with E-state index in [1.54, 1.807) is 6.92 Å². The van der Waals surface area contributed by atoms with Crippen molar-refractivity contribution in [2.75, 3.05) is 5.32 Å². The Labute approximate surface area is 76.3 Å². The molecular formula is C10H8N2O. The second-order valence-electron chi connectivity index (χ2n) is 2.79. The van der Waals surface area contributed by atoms with Crippen LogP contribution >= 0.6 is 0 Å². The molecule has 1 heterocycles. The van der Waals surface area contributed by atoms with E-state index in [-0.39, 0.29) is 0 Å². The number of rotatable bonds is 0. The van der Waals surface area contributed by atoms with Crippen molar-refractivity contribution in [2.45, 2.75) is 6.92 Å². The predicted octanol–water partition coefficient (Wildman–Crippen LogP) is 2.25. The first-order chi connectivity index (χ1) is 6.31. The summed E-state index contributed by atoms with van der Waals surface area (Å²) in [6.07, 6.45) is 0. The van der Waals surface area contributed by atoms with E-state index < -0.39 is 0 Å². The number of ether oxygens (including phenoxy) is 1. The van der Waals surface area contributed by atoms with Gasteiger partial charge in [-0.1, -0.05) is 12.1 Å². The molecule has 0 aromatic heterocycles. The number of anilines is 1. The molecule has 0 atom stereocenters. The van der Waals surface area contributed by atoms with Gasteiger partial charge in [0.2, 0.25) is 5.88 Å². The van der Waals surface area contributed by atoms with E-state index >= 15 is 0 Å². The summed E-state index contributed by atoms with van der Waals surface area (Å²) in [5.41, 5.74) is 1.46. The monoisotopic (exact) mass is 172 g/mol. The minimum absolute atomic E-state index is 0.531. The van der Waals surface area contributed by atoms with Gasteiger partial charge in [-0.25, -0.2) is 0 Å². The molecule has 0 unspecified atom stereocenters. The predicted molar refractivity (Wildman–Crippen MR) is 49.0 cm³/mol. The molecule has 0 bridgehead atoms. The zero-order chi connectivity index (χ0) is 9.26. The van der Waals surface area contributed by atoms with E-state index in [1.165, 1.54) is 0 Å². The number of fused-ring (bicyclic) bond motifs is 1. The Hall–Kier alpha value is -1.95. The third-order valence-electron chi connectivity index (χ3n) is 1.86. The van der Waals surface area contributed by atoms with E-state index in [0.29, 0.717) is 11.5 Å². The van der Waals surface area contributed by atoms with Crippen molar-refractivity contribution >= 4 is 5.69 Å². The Morgan fingerprint density at radius 1 is 1.46 bits per heavy atom. The zero-order valence-electron chi connectivity index (χ0n) is 7.16. The van der Waals surface area contributed by atoms with E-state index in [2.05, 4.69) is 5.32 Å². The maximum atomic E-state index is 8.65. The first-order valence-electron chi connectivity index (χ1n) is 3.96. The fraction of sp³-hybridized carbons (Fsp3) is 0.100. The standard InChI is InChI=1S/C10H8N2O/c1-7(6-11)10-12-8-4-2-3-5-9(8)13-10/h2-5,12H,1H3/b10-7+. The van der Waals surface area contributed by atoms with Gasteiger partial charge in [0.25, 0.3) is 0 Å². The first-order valence-corrected chi connectivity index (χ1v) is 3.96. The maximum absolute atomic E-state index is 8.65. The second kappa shape index (κ2) is 2.83. The molecule has 0 saturated carbocycles. The molecule has 13 heavy (non-hydrogen) atoms. The summed E-state index contributed by atoms with van der Waals surface area (Å²) in [6.45, 7) is 1.72. The highest BCUT2D eigenvalue weighted by atomic mass is 16.5. The van der Waals surface area contributed by atoms with Crippen LogP contribution in [0.5, 0.6) is 5.75 Å². The van der Waals surface area contributed by atoms with Crippen molar-refractivity contribution < 1.29 is 4.74 Å². The van der Waals surface area contributed by atoms with E-state index in [0.717, 1.165) is 11.4 Å². The Morgan fingerprint density at radius 3 is 2.92 bits per heavy atom. The van der Waals surface area contributed by atoms with Crippen LogP contribution in [-0.4, -0.2) is 0 Å². The minimum atomic E-state index is 0.531. The average molecular weight is 172 g/mol. The molecule has 0 spiro atoms. The van der Waals surface area contributed by atoms with E-state index in [9.17, 15) is 0 Å². The fourth-order valence-corrected chi connectivity index (χ4v) is 1.14.